The molecule has 0 radical (unpaired) electrons. The summed E-state index contributed by atoms with van der Waals surface area (Å²) in [7, 11) is 4.76. The van der Waals surface area contributed by atoms with E-state index in [9.17, 15) is 0 Å². The molecule has 0 spiro atoms. The van der Waals surface area contributed by atoms with E-state index in [1.165, 1.54) is 0 Å². The van der Waals surface area contributed by atoms with Gasteiger partial charge in [0.2, 0.25) is 5.75 Å². The highest BCUT2D eigenvalue weighted by atomic mass is 16.5. The fourth-order valence-electron chi connectivity index (χ4n) is 1.65. The van der Waals surface area contributed by atoms with Crippen LogP contribution < -0.4 is 19.5 Å². The summed E-state index contributed by atoms with van der Waals surface area (Å²) < 4.78 is 15.8. The van der Waals surface area contributed by atoms with Gasteiger partial charge >= 0.3 is 0 Å². The van der Waals surface area contributed by atoms with Crippen LogP contribution in [0.15, 0.2) is 12.1 Å². The zero-order valence-electron chi connectivity index (χ0n) is 11.2. The average molecular weight is 255 g/mol. The molecule has 0 unspecified atom stereocenters. The fraction of sp³-hybridized carbons (Fsp3) is 0.538. The minimum atomic E-state index is 0.219. The molecule has 1 rings (SSSR count). The SMILES string of the molecule is COc1cc(NCCCCO)cc(OC)c1OC. The molecule has 0 aliphatic rings. The van der Waals surface area contributed by atoms with Crippen LogP contribution in [0.5, 0.6) is 17.2 Å². The molecule has 5 heteroatoms. The number of aliphatic hydroxyl groups is 1. The van der Waals surface area contributed by atoms with E-state index in [0.717, 1.165) is 25.1 Å². The third-order valence-corrected chi connectivity index (χ3v) is 2.58. The second-order valence-corrected chi connectivity index (χ2v) is 3.77. The summed E-state index contributed by atoms with van der Waals surface area (Å²) in [5.41, 5.74) is 0.905. The molecular weight excluding hydrogens is 234 g/mol. The van der Waals surface area contributed by atoms with Gasteiger partial charge in [-0.1, -0.05) is 0 Å². The van der Waals surface area contributed by atoms with Crippen LogP contribution >= 0.6 is 0 Å². The molecule has 0 fully saturated rings. The van der Waals surface area contributed by atoms with E-state index in [-0.39, 0.29) is 6.61 Å². The zero-order valence-corrected chi connectivity index (χ0v) is 11.2. The highest BCUT2D eigenvalue weighted by molar-refractivity contribution is 5.62. The number of nitrogens with one attached hydrogen (secondary N) is 1. The lowest BCUT2D eigenvalue weighted by atomic mass is 10.2. The first-order valence-electron chi connectivity index (χ1n) is 5.91. The van der Waals surface area contributed by atoms with Gasteiger partial charge in [-0.2, -0.15) is 0 Å². The molecule has 5 nitrogen and oxygen atoms in total. The first-order valence-corrected chi connectivity index (χ1v) is 5.91. The van der Waals surface area contributed by atoms with Crippen LogP contribution in [0.25, 0.3) is 0 Å². The smallest absolute Gasteiger partial charge is 0.203 e. The van der Waals surface area contributed by atoms with Crippen molar-refractivity contribution in [2.45, 2.75) is 12.8 Å². The second kappa shape index (κ2) is 7.66. The predicted octanol–water partition coefficient (Wildman–Crippen LogP) is 1.90. The van der Waals surface area contributed by atoms with Gasteiger partial charge in [0.1, 0.15) is 0 Å². The summed E-state index contributed by atoms with van der Waals surface area (Å²) >= 11 is 0. The second-order valence-electron chi connectivity index (χ2n) is 3.77. The van der Waals surface area contributed by atoms with Crippen molar-refractivity contribution < 1.29 is 19.3 Å². The monoisotopic (exact) mass is 255 g/mol. The lowest BCUT2D eigenvalue weighted by Crippen LogP contribution is -2.04. The normalized spacial score (nSPS) is 10.0. The molecule has 0 aliphatic heterocycles. The summed E-state index contributed by atoms with van der Waals surface area (Å²) in [6, 6.07) is 3.72. The van der Waals surface area contributed by atoms with Gasteiger partial charge in [0.15, 0.2) is 11.5 Å². The van der Waals surface area contributed by atoms with Crippen LogP contribution in [-0.4, -0.2) is 39.6 Å². The number of anilines is 1. The minimum absolute atomic E-state index is 0.219. The summed E-state index contributed by atoms with van der Waals surface area (Å²) in [6.07, 6.45) is 1.70. The van der Waals surface area contributed by atoms with E-state index in [2.05, 4.69) is 5.32 Å². The van der Waals surface area contributed by atoms with Crippen molar-refractivity contribution in [2.75, 3.05) is 39.8 Å². The Labute approximate surface area is 108 Å². The Hall–Kier alpha value is -1.62. The fourth-order valence-corrected chi connectivity index (χ4v) is 1.65. The molecule has 0 saturated carbocycles. The van der Waals surface area contributed by atoms with E-state index in [0.29, 0.717) is 17.2 Å². The van der Waals surface area contributed by atoms with Crippen molar-refractivity contribution in [1.29, 1.82) is 0 Å². The van der Waals surface area contributed by atoms with Crippen molar-refractivity contribution in [3.8, 4) is 17.2 Å². The summed E-state index contributed by atoms with van der Waals surface area (Å²) in [5.74, 6) is 1.84. The molecule has 1 aromatic rings. The number of methoxy groups -OCH3 is 3. The van der Waals surface area contributed by atoms with Crippen LogP contribution in [0, 0.1) is 0 Å². The van der Waals surface area contributed by atoms with E-state index < -0.39 is 0 Å². The summed E-state index contributed by atoms with van der Waals surface area (Å²) in [6.45, 7) is 1.01. The lowest BCUT2D eigenvalue weighted by molar-refractivity contribution is 0.286. The molecular formula is C13H21NO4. The Morgan fingerprint density at radius 3 is 2.06 bits per heavy atom. The maximum atomic E-state index is 8.71. The standard InChI is InChI=1S/C13H21NO4/c1-16-11-8-10(14-6-4-5-7-15)9-12(17-2)13(11)18-3/h8-9,14-15H,4-7H2,1-3H3. The maximum Gasteiger partial charge on any atom is 0.203 e. The molecule has 0 bridgehead atoms. The topological polar surface area (TPSA) is 60.0 Å². The quantitative estimate of drug-likeness (QED) is 0.695. The highest BCUT2D eigenvalue weighted by Crippen LogP contribution is 2.39. The van der Waals surface area contributed by atoms with Gasteiger partial charge in [0.25, 0.3) is 0 Å². The minimum Gasteiger partial charge on any atom is -0.493 e. The van der Waals surface area contributed by atoms with Gasteiger partial charge in [0.05, 0.1) is 21.3 Å². The molecule has 0 saturated heterocycles. The molecule has 18 heavy (non-hydrogen) atoms. The lowest BCUT2D eigenvalue weighted by Gasteiger charge is -2.15. The molecule has 102 valence electrons. The van der Waals surface area contributed by atoms with Crippen molar-refractivity contribution in [3.05, 3.63) is 12.1 Å². The van der Waals surface area contributed by atoms with Gasteiger partial charge < -0.3 is 24.6 Å². The molecule has 1 aromatic carbocycles. The molecule has 0 atom stereocenters. The third-order valence-electron chi connectivity index (χ3n) is 2.58. The van der Waals surface area contributed by atoms with Crippen LogP contribution in [0.1, 0.15) is 12.8 Å². The highest BCUT2D eigenvalue weighted by Gasteiger charge is 2.12. The Balaban J connectivity index is 2.80. The molecule has 0 aromatic heterocycles. The molecule has 0 aliphatic carbocycles. The third kappa shape index (κ3) is 3.70. The Kier molecular flexibility index (Phi) is 6.14. The molecule has 2 N–H and O–H groups in total. The number of ether oxygens (including phenoxy) is 3. The van der Waals surface area contributed by atoms with Gasteiger partial charge in [0, 0.05) is 31.0 Å². The zero-order chi connectivity index (χ0) is 13.4. The van der Waals surface area contributed by atoms with Gasteiger partial charge in [-0.15, -0.1) is 0 Å². The number of aliphatic hydroxyl groups excluding tert-OH is 1. The number of benzene rings is 1. The Morgan fingerprint density at radius 2 is 1.61 bits per heavy atom. The van der Waals surface area contributed by atoms with Crippen molar-refractivity contribution in [3.63, 3.8) is 0 Å². The van der Waals surface area contributed by atoms with E-state index in [1.807, 2.05) is 12.1 Å². The number of rotatable bonds is 8. The van der Waals surface area contributed by atoms with E-state index in [4.69, 9.17) is 19.3 Å². The Morgan fingerprint density at radius 1 is 1.00 bits per heavy atom. The van der Waals surface area contributed by atoms with Gasteiger partial charge in [-0.3, -0.25) is 0 Å². The molecule has 0 amide bonds. The van der Waals surface area contributed by atoms with E-state index >= 15 is 0 Å². The van der Waals surface area contributed by atoms with Gasteiger partial charge in [-0.05, 0) is 12.8 Å². The van der Waals surface area contributed by atoms with Crippen LogP contribution in [0.2, 0.25) is 0 Å². The number of hydrogen-bond acceptors (Lipinski definition) is 5. The average Bonchev–Trinajstić information content (AvgIpc) is 2.42. The van der Waals surface area contributed by atoms with Gasteiger partial charge in [-0.25, -0.2) is 0 Å². The Bertz CT molecular complexity index is 343. The predicted molar refractivity (Wildman–Crippen MR) is 70.9 cm³/mol. The van der Waals surface area contributed by atoms with Crippen molar-refractivity contribution >= 4 is 5.69 Å². The van der Waals surface area contributed by atoms with E-state index in [1.54, 1.807) is 21.3 Å². The van der Waals surface area contributed by atoms with Crippen LogP contribution in [-0.2, 0) is 0 Å². The first-order chi connectivity index (χ1) is 8.76. The number of unbranched alkanes of at least 4 members (excludes halogenated alkanes) is 1. The first kappa shape index (κ1) is 14.4. The number of hydrogen-bond donors (Lipinski definition) is 2. The maximum absolute atomic E-state index is 8.71. The van der Waals surface area contributed by atoms with Crippen LogP contribution in [0.3, 0.4) is 0 Å². The van der Waals surface area contributed by atoms with Crippen LogP contribution in [0.4, 0.5) is 5.69 Å². The summed E-state index contributed by atoms with van der Waals surface area (Å²) in [5, 5.41) is 12.0. The van der Waals surface area contributed by atoms with Crippen molar-refractivity contribution in [2.24, 2.45) is 0 Å². The van der Waals surface area contributed by atoms with Crippen molar-refractivity contribution in [1.82, 2.24) is 0 Å². The molecule has 0 heterocycles. The summed E-state index contributed by atoms with van der Waals surface area (Å²) in [4.78, 5) is 0. The largest absolute Gasteiger partial charge is 0.493 e.